The first-order valence-corrected chi connectivity index (χ1v) is 12.4. The van der Waals surface area contributed by atoms with Gasteiger partial charge in [-0.1, -0.05) is 24.3 Å². The summed E-state index contributed by atoms with van der Waals surface area (Å²) < 4.78 is 26.7. The molecule has 0 bridgehead atoms. The van der Waals surface area contributed by atoms with Crippen LogP contribution < -0.4 is 4.72 Å². The second kappa shape index (κ2) is 10.8. The Bertz CT molecular complexity index is 939. The van der Waals surface area contributed by atoms with E-state index >= 15 is 0 Å². The van der Waals surface area contributed by atoms with Crippen LogP contribution in [0.4, 0.5) is 0 Å². The average molecular weight is 446 g/mol. The Morgan fingerprint density at radius 2 is 1.70 bits per heavy atom. The summed E-state index contributed by atoms with van der Waals surface area (Å²) in [6, 6.07) is 16.4. The van der Waals surface area contributed by atoms with Crippen LogP contribution in [-0.4, -0.2) is 69.1 Å². The lowest BCUT2D eigenvalue weighted by Crippen LogP contribution is -2.49. The van der Waals surface area contributed by atoms with Crippen LogP contribution in [0.2, 0.25) is 0 Å². The molecule has 1 aliphatic rings. The zero-order valence-corrected chi connectivity index (χ0v) is 18.5. The van der Waals surface area contributed by atoms with Crippen molar-refractivity contribution in [1.29, 1.82) is 0 Å². The van der Waals surface area contributed by atoms with Crippen LogP contribution in [0.15, 0.2) is 77.0 Å². The molecule has 0 spiro atoms. The van der Waals surface area contributed by atoms with Gasteiger partial charge in [0.15, 0.2) is 0 Å². The maximum absolute atomic E-state index is 12.8. The monoisotopic (exact) mass is 445 g/mol. The molecule has 30 heavy (non-hydrogen) atoms. The molecule has 1 N–H and O–H groups in total. The molecular weight excluding hydrogens is 418 g/mol. The third-order valence-electron chi connectivity index (χ3n) is 4.91. The molecule has 1 amide bonds. The number of nitrogens with zero attached hydrogens (tertiary/aromatic N) is 2. The summed E-state index contributed by atoms with van der Waals surface area (Å²) in [5, 5.41) is 0. The van der Waals surface area contributed by atoms with Gasteiger partial charge in [0, 0.05) is 55.5 Å². The fourth-order valence-electron chi connectivity index (χ4n) is 3.20. The first-order chi connectivity index (χ1) is 14.5. The summed E-state index contributed by atoms with van der Waals surface area (Å²) in [6.45, 7) is 7.70. The predicted molar refractivity (Wildman–Crippen MR) is 121 cm³/mol. The Labute approximate surface area is 183 Å². The molecule has 0 atom stereocenters. The largest absolute Gasteiger partial charge is 0.336 e. The van der Waals surface area contributed by atoms with E-state index in [-0.39, 0.29) is 17.3 Å². The smallest absolute Gasteiger partial charge is 0.253 e. The normalized spacial score (nSPS) is 15.1. The quantitative estimate of drug-likeness (QED) is 0.475. The topological polar surface area (TPSA) is 69.7 Å². The fourth-order valence-corrected chi connectivity index (χ4v) is 5.13. The summed E-state index contributed by atoms with van der Waals surface area (Å²) in [4.78, 5) is 18.4. The number of amides is 1. The summed E-state index contributed by atoms with van der Waals surface area (Å²) in [6.07, 6.45) is 1.48. The van der Waals surface area contributed by atoms with Crippen molar-refractivity contribution in [2.24, 2.45) is 0 Å². The first kappa shape index (κ1) is 22.6. The van der Waals surface area contributed by atoms with Gasteiger partial charge in [-0.05, 0) is 36.4 Å². The molecule has 2 aromatic rings. The number of carbonyl (C=O) groups is 1. The van der Waals surface area contributed by atoms with Crippen LogP contribution in [-0.2, 0) is 10.0 Å². The van der Waals surface area contributed by atoms with Gasteiger partial charge in [-0.3, -0.25) is 9.69 Å². The molecule has 160 valence electrons. The third kappa shape index (κ3) is 6.18. The number of sulfonamides is 1. The van der Waals surface area contributed by atoms with Gasteiger partial charge in [0.2, 0.25) is 10.0 Å². The summed E-state index contributed by atoms with van der Waals surface area (Å²) in [5.41, 5.74) is 0.505. The van der Waals surface area contributed by atoms with Gasteiger partial charge in [0.25, 0.3) is 5.91 Å². The van der Waals surface area contributed by atoms with Gasteiger partial charge in [0.05, 0.1) is 4.90 Å². The van der Waals surface area contributed by atoms with Crippen molar-refractivity contribution >= 4 is 27.7 Å². The number of carbonyl (C=O) groups excluding carboxylic acids is 1. The van der Waals surface area contributed by atoms with E-state index in [1.807, 2.05) is 34.9 Å². The molecule has 6 nitrogen and oxygen atoms in total. The number of hydrogen-bond acceptors (Lipinski definition) is 5. The van der Waals surface area contributed by atoms with Gasteiger partial charge in [-0.25, -0.2) is 13.1 Å². The number of piperazine rings is 1. The van der Waals surface area contributed by atoms with E-state index in [9.17, 15) is 13.2 Å². The van der Waals surface area contributed by atoms with Gasteiger partial charge >= 0.3 is 0 Å². The van der Waals surface area contributed by atoms with Gasteiger partial charge in [-0.2, -0.15) is 0 Å². The van der Waals surface area contributed by atoms with Crippen molar-refractivity contribution < 1.29 is 13.2 Å². The molecule has 3 rings (SSSR count). The van der Waals surface area contributed by atoms with Gasteiger partial charge < -0.3 is 4.90 Å². The standard InChI is InChI=1S/C22H27N3O3S2/c1-2-12-23-30(27,28)21-10-8-19(9-11-21)22(26)25-15-13-24(14-16-25)17-18-29-20-6-4-3-5-7-20/h2-11,23H,1,12-18H2. The lowest BCUT2D eigenvalue weighted by atomic mass is 10.2. The summed E-state index contributed by atoms with van der Waals surface area (Å²) in [5.74, 6) is 0.963. The maximum Gasteiger partial charge on any atom is 0.253 e. The molecule has 0 radical (unpaired) electrons. The zero-order chi connectivity index (χ0) is 21.4. The Morgan fingerprint density at radius 1 is 1.03 bits per heavy atom. The van der Waals surface area contributed by atoms with Crippen LogP contribution in [0, 0.1) is 0 Å². The number of thioether (sulfide) groups is 1. The molecule has 0 aliphatic carbocycles. The summed E-state index contributed by atoms with van der Waals surface area (Å²) in [7, 11) is -3.58. The minimum absolute atomic E-state index is 0.0590. The lowest BCUT2D eigenvalue weighted by molar-refractivity contribution is 0.0644. The van der Waals surface area contributed by atoms with Gasteiger partial charge in [0.1, 0.15) is 0 Å². The zero-order valence-electron chi connectivity index (χ0n) is 16.9. The Hall–Kier alpha value is -2.13. The molecule has 0 aromatic heterocycles. The van der Waals surface area contributed by atoms with E-state index in [0.29, 0.717) is 18.7 Å². The fraction of sp³-hybridized carbons (Fsp3) is 0.318. The molecular formula is C22H27N3O3S2. The molecule has 1 fully saturated rings. The van der Waals surface area contributed by atoms with Crippen molar-refractivity contribution in [3.05, 3.63) is 72.8 Å². The third-order valence-corrected chi connectivity index (χ3v) is 7.34. The molecule has 0 unspecified atom stereocenters. The van der Waals surface area contributed by atoms with E-state index in [4.69, 9.17) is 0 Å². The highest BCUT2D eigenvalue weighted by atomic mass is 32.2. The molecule has 0 saturated carbocycles. The van der Waals surface area contributed by atoms with Crippen molar-refractivity contribution in [1.82, 2.24) is 14.5 Å². The highest BCUT2D eigenvalue weighted by Crippen LogP contribution is 2.18. The SMILES string of the molecule is C=CCNS(=O)(=O)c1ccc(C(=O)N2CCN(CCSc3ccccc3)CC2)cc1. The van der Waals surface area contributed by atoms with Crippen molar-refractivity contribution in [2.45, 2.75) is 9.79 Å². The van der Waals surface area contributed by atoms with E-state index in [0.717, 1.165) is 25.4 Å². The van der Waals surface area contributed by atoms with Crippen molar-refractivity contribution in [2.75, 3.05) is 45.0 Å². The van der Waals surface area contributed by atoms with Crippen LogP contribution in [0.5, 0.6) is 0 Å². The van der Waals surface area contributed by atoms with Crippen LogP contribution in [0.3, 0.4) is 0 Å². The lowest BCUT2D eigenvalue weighted by Gasteiger charge is -2.34. The van der Waals surface area contributed by atoms with E-state index in [1.165, 1.54) is 23.1 Å². The second-order valence-electron chi connectivity index (χ2n) is 6.96. The number of hydrogen-bond donors (Lipinski definition) is 1. The average Bonchev–Trinajstić information content (AvgIpc) is 2.78. The first-order valence-electron chi connectivity index (χ1n) is 9.90. The maximum atomic E-state index is 12.8. The molecule has 8 heteroatoms. The van der Waals surface area contributed by atoms with Crippen molar-refractivity contribution in [3.63, 3.8) is 0 Å². The minimum Gasteiger partial charge on any atom is -0.336 e. The summed E-state index contributed by atoms with van der Waals surface area (Å²) >= 11 is 1.84. The predicted octanol–water partition coefficient (Wildman–Crippen LogP) is 2.70. The minimum atomic E-state index is -3.58. The van der Waals surface area contributed by atoms with Crippen molar-refractivity contribution in [3.8, 4) is 0 Å². The number of nitrogens with one attached hydrogen (secondary N) is 1. The highest BCUT2D eigenvalue weighted by molar-refractivity contribution is 7.99. The van der Waals surface area contributed by atoms with Crippen LogP contribution in [0.1, 0.15) is 10.4 Å². The number of rotatable bonds is 9. The Morgan fingerprint density at radius 3 is 2.33 bits per heavy atom. The van der Waals surface area contributed by atoms with E-state index < -0.39 is 10.0 Å². The Balaban J connectivity index is 1.47. The van der Waals surface area contributed by atoms with E-state index in [1.54, 1.807) is 12.1 Å². The van der Waals surface area contributed by atoms with Crippen LogP contribution in [0.25, 0.3) is 0 Å². The van der Waals surface area contributed by atoms with Crippen LogP contribution >= 0.6 is 11.8 Å². The molecule has 1 saturated heterocycles. The second-order valence-corrected chi connectivity index (χ2v) is 9.90. The number of benzene rings is 2. The highest BCUT2D eigenvalue weighted by Gasteiger charge is 2.22. The molecule has 2 aromatic carbocycles. The molecule has 1 heterocycles. The van der Waals surface area contributed by atoms with E-state index in [2.05, 4.69) is 28.3 Å². The van der Waals surface area contributed by atoms with Gasteiger partial charge in [-0.15, -0.1) is 18.3 Å². The Kier molecular flexibility index (Phi) is 8.09. The molecule has 1 aliphatic heterocycles.